The first kappa shape index (κ1) is 15.7. The Morgan fingerprint density at radius 3 is 2.65 bits per heavy atom. The smallest absolute Gasteiger partial charge is 0.0471 e. The Balaban J connectivity index is 1.97. The summed E-state index contributed by atoms with van der Waals surface area (Å²) >= 11 is 6.28. The van der Waals surface area contributed by atoms with Gasteiger partial charge in [0.1, 0.15) is 0 Å². The van der Waals surface area contributed by atoms with Gasteiger partial charge in [-0.1, -0.05) is 38.4 Å². The fraction of sp³-hybridized carbons (Fsp3) is 0.647. The third kappa shape index (κ3) is 4.13. The van der Waals surface area contributed by atoms with Gasteiger partial charge in [-0.3, -0.25) is 4.90 Å². The van der Waals surface area contributed by atoms with Crippen molar-refractivity contribution in [3.05, 3.63) is 28.8 Å². The molecule has 1 aliphatic rings. The van der Waals surface area contributed by atoms with Crippen LogP contribution >= 0.6 is 11.6 Å². The molecular formula is C17H27ClN2. The Bertz CT molecular complexity index is 451. The van der Waals surface area contributed by atoms with Gasteiger partial charge in [0.15, 0.2) is 0 Å². The van der Waals surface area contributed by atoms with E-state index in [2.05, 4.69) is 31.7 Å². The summed E-state index contributed by atoms with van der Waals surface area (Å²) in [6.45, 7) is 10.4. The highest BCUT2D eigenvalue weighted by Gasteiger charge is 2.27. The quantitative estimate of drug-likeness (QED) is 0.810. The van der Waals surface area contributed by atoms with Crippen LogP contribution < -0.4 is 5.73 Å². The van der Waals surface area contributed by atoms with Gasteiger partial charge >= 0.3 is 0 Å². The van der Waals surface area contributed by atoms with Crippen molar-refractivity contribution in [2.24, 2.45) is 11.3 Å². The Morgan fingerprint density at radius 1 is 1.25 bits per heavy atom. The first-order valence-corrected chi connectivity index (χ1v) is 8.00. The average Bonchev–Trinajstić information content (AvgIpc) is 2.58. The topological polar surface area (TPSA) is 29.3 Å². The van der Waals surface area contributed by atoms with Crippen molar-refractivity contribution in [2.75, 3.05) is 18.8 Å². The molecule has 1 heterocycles. The van der Waals surface area contributed by atoms with Crippen molar-refractivity contribution >= 4 is 17.3 Å². The number of likely N-dealkylation sites (tertiary alicyclic amines) is 1. The summed E-state index contributed by atoms with van der Waals surface area (Å²) < 4.78 is 0. The van der Waals surface area contributed by atoms with Crippen LogP contribution in [0.1, 0.15) is 45.6 Å². The summed E-state index contributed by atoms with van der Waals surface area (Å²) in [5.74, 6) is 0.828. The molecule has 1 aromatic rings. The second-order valence-corrected chi connectivity index (χ2v) is 7.53. The molecule has 0 aromatic heterocycles. The molecule has 2 nitrogen and oxygen atoms in total. The summed E-state index contributed by atoms with van der Waals surface area (Å²) in [5, 5.41) is 0.793. The fourth-order valence-electron chi connectivity index (χ4n) is 3.11. The van der Waals surface area contributed by atoms with E-state index in [-0.39, 0.29) is 0 Å². The van der Waals surface area contributed by atoms with Gasteiger partial charge < -0.3 is 5.73 Å². The van der Waals surface area contributed by atoms with Gasteiger partial charge in [-0.05, 0) is 61.4 Å². The van der Waals surface area contributed by atoms with Crippen LogP contribution in [0.4, 0.5) is 5.69 Å². The van der Waals surface area contributed by atoms with Crippen LogP contribution in [0.5, 0.6) is 0 Å². The van der Waals surface area contributed by atoms with Crippen molar-refractivity contribution in [1.29, 1.82) is 0 Å². The van der Waals surface area contributed by atoms with Gasteiger partial charge in [0.2, 0.25) is 0 Å². The number of halogens is 1. The molecule has 1 unspecified atom stereocenters. The number of hydrogen-bond donors (Lipinski definition) is 1. The van der Waals surface area contributed by atoms with Crippen LogP contribution in [-0.2, 0) is 6.54 Å². The molecule has 2 rings (SSSR count). The lowest BCUT2D eigenvalue weighted by Crippen LogP contribution is -2.26. The Hall–Kier alpha value is -0.730. The molecule has 1 aliphatic heterocycles. The maximum absolute atomic E-state index is 6.28. The van der Waals surface area contributed by atoms with E-state index in [1.54, 1.807) is 0 Å². The zero-order valence-corrected chi connectivity index (χ0v) is 13.7. The van der Waals surface area contributed by atoms with E-state index in [9.17, 15) is 0 Å². The predicted molar refractivity (Wildman–Crippen MR) is 87.9 cm³/mol. The highest BCUT2D eigenvalue weighted by Crippen LogP contribution is 2.34. The summed E-state index contributed by atoms with van der Waals surface area (Å²) in [5.41, 5.74) is 8.11. The van der Waals surface area contributed by atoms with Crippen molar-refractivity contribution in [1.82, 2.24) is 4.90 Å². The molecule has 0 radical (unpaired) electrons. The Labute approximate surface area is 128 Å². The highest BCUT2D eigenvalue weighted by atomic mass is 35.5. The standard InChI is InChI=1S/C17H27ClN2/c1-17(2,3)14-5-4-9-20(10-8-14)12-13-6-7-15(19)11-16(13)18/h6-7,11,14H,4-5,8-10,12,19H2,1-3H3. The molecule has 1 fully saturated rings. The second-order valence-electron chi connectivity index (χ2n) is 7.12. The predicted octanol–water partition coefficient (Wildman–Crippen LogP) is 4.57. The lowest BCUT2D eigenvalue weighted by Gasteiger charge is -2.29. The molecular weight excluding hydrogens is 268 g/mol. The maximum Gasteiger partial charge on any atom is 0.0471 e. The molecule has 112 valence electrons. The lowest BCUT2D eigenvalue weighted by atomic mass is 9.77. The van der Waals surface area contributed by atoms with E-state index in [1.165, 1.54) is 37.9 Å². The minimum Gasteiger partial charge on any atom is -0.399 e. The van der Waals surface area contributed by atoms with E-state index in [4.69, 9.17) is 17.3 Å². The number of nitrogens with two attached hydrogens (primary N) is 1. The normalized spacial score (nSPS) is 21.7. The molecule has 20 heavy (non-hydrogen) atoms. The summed E-state index contributed by atoms with van der Waals surface area (Å²) in [7, 11) is 0. The van der Waals surface area contributed by atoms with Gasteiger partial charge in [0, 0.05) is 17.3 Å². The molecule has 1 atom stereocenters. The van der Waals surface area contributed by atoms with Crippen LogP contribution in [0.2, 0.25) is 5.02 Å². The molecule has 0 bridgehead atoms. The number of anilines is 1. The van der Waals surface area contributed by atoms with E-state index < -0.39 is 0 Å². The summed E-state index contributed by atoms with van der Waals surface area (Å²) in [6, 6.07) is 5.85. The highest BCUT2D eigenvalue weighted by molar-refractivity contribution is 6.31. The number of rotatable bonds is 2. The van der Waals surface area contributed by atoms with Crippen LogP contribution in [0, 0.1) is 11.3 Å². The molecule has 2 N–H and O–H groups in total. The molecule has 0 aliphatic carbocycles. The number of hydrogen-bond acceptors (Lipinski definition) is 2. The second kappa shape index (κ2) is 6.36. The van der Waals surface area contributed by atoms with Crippen LogP contribution in [-0.4, -0.2) is 18.0 Å². The van der Waals surface area contributed by atoms with Crippen LogP contribution in [0.3, 0.4) is 0 Å². The van der Waals surface area contributed by atoms with Gasteiger partial charge in [-0.25, -0.2) is 0 Å². The van der Waals surface area contributed by atoms with E-state index in [0.717, 1.165) is 23.2 Å². The van der Waals surface area contributed by atoms with E-state index in [1.807, 2.05) is 12.1 Å². The molecule has 1 aromatic carbocycles. The van der Waals surface area contributed by atoms with Gasteiger partial charge in [-0.2, -0.15) is 0 Å². The molecule has 0 amide bonds. The fourth-order valence-corrected chi connectivity index (χ4v) is 3.36. The Morgan fingerprint density at radius 2 is 2.00 bits per heavy atom. The SMILES string of the molecule is CC(C)(C)C1CCCN(Cc2ccc(N)cc2Cl)CC1. The average molecular weight is 295 g/mol. The maximum atomic E-state index is 6.28. The van der Waals surface area contributed by atoms with Gasteiger partial charge in [0.25, 0.3) is 0 Å². The lowest BCUT2D eigenvalue weighted by molar-refractivity contribution is 0.206. The summed E-state index contributed by atoms with van der Waals surface area (Å²) in [6.07, 6.45) is 3.92. The number of benzene rings is 1. The molecule has 3 heteroatoms. The Kier molecular flexibility index (Phi) is 4.98. The first-order chi connectivity index (χ1) is 9.36. The molecule has 0 saturated carbocycles. The minimum absolute atomic E-state index is 0.425. The van der Waals surface area contributed by atoms with Gasteiger partial charge in [0.05, 0.1) is 0 Å². The van der Waals surface area contributed by atoms with Crippen molar-refractivity contribution in [3.8, 4) is 0 Å². The van der Waals surface area contributed by atoms with Gasteiger partial charge in [-0.15, -0.1) is 0 Å². The van der Waals surface area contributed by atoms with Crippen molar-refractivity contribution in [3.63, 3.8) is 0 Å². The van der Waals surface area contributed by atoms with Crippen LogP contribution in [0.25, 0.3) is 0 Å². The third-order valence-corrected chi connectivity index (χ3v) is 4.87. The number of nitrogens with zero attached hydrogens (tertiary/aromatic N) is 1. The van der Waals surface area contributed by atoms with E-state index in [0.29, 0.717) is 5.41 Å². The van der Waals surface area contributed by atoms with E-state index >= 15 is 0 Å². The largest absolute Gasteiger partial charge is 0.399 e. The van der Waals surface area contributed by atoms with Crippen LogP contribution in [0.15, 0.2) is 18.2 Å². The zero-order chi connectivity index (χ0) is 14.8. The monoisotopic (exact) mass is 294 g/mol. The van der Waals surface area contributed by atoms with Crippen molar-refractivity contribution < 1.29 is 0 Å². The minimum atomic E-state index is 0.425. The summed E-state index contributed by atoms with van der Waals surface area (Å²) in [4.78, 5) is 2.53. The van der Waals surface area contributed by atoms with Crippen molar-refractivity contribution in [2.45, 2.75) is 46.6 Å². The molecule has 1 saturated heterocycles. The zero-order valence-electron chi connectivity index (χ0n) is 13.0. The molecule has 0 spiro atoms. The first-order valence-electron chi connectivity index (χ1n) is 7.62. The number of nitrogen functional groups attached to an aromatic ring is 1. The third-order valence-electron chi connectivity index (χ3n) is 4.52.